The van der Waals surface area contributed by atoms with E-state index in [1.54, 1.807) is 24.3 Å². The predicted molar refractivity (Wildman–Crippen MR) is 69.6 cm³/mol. The fourth-order valence-electron chi connectivity index (χ4n) is 2.50. The van der Waals surface area contributed by atoms with E-state index >= 15 is 0 Å². The Balaban J connectivity index is 1.82. The zero-order valence-corrected chi connectivity index (χ0v) is 10.9. The quantitative estimate of drug-likeness (QED) is 0.926. The first-order valence-corrected chi connectivity index (χ1v) is 6.55. The Morgan fingerprint density at radius 3 is 2.67 bits per heavy atom. The number of carbonyl (C=O) groups excluding carboxylic acids is 1. The number of halogens is 3. The largest absolute Gasteiger partial charge is 0.393 e. The van der Waals surface area contributed by atoms with Crippen LogP contribution < -0.4 is 5.32 Å². The first kappa shape index (κ1) is 13.8. The molecule has 0 spiro atoms. The van der Waals surface area contributed by atoms with Gasteiger partial charge < -0.3 is 5.32 Å². The molecule has 1 aliphatic carbocycles. The molecule has 3 rings (SSSR count). The monoisotopic (exact) mass is 295 g/mol. The van der Waals surface area contributed by atoms with Crippen molar-refractivity contribution < 1.29 is 18.0 Å². The van der Waals surface area contributed by atoms with Crippen LogP contribution in [0, 0.1) is 5.92 Å². The first-order valence-electron chi connectivity index (χ1n) is 6.55. The number of fused-ring (bicyclic) bond motifs is 1. The number of rotatable bonds is 2. The predicted octanol–water partition coefficient (Wildman–Crippen LogP) is 2.70. The minimum Gasteiger partial charge on any atom is -0.349 e. The van der Waals surface area contributed by atoms with Crippen LogP contribution >= 0.6 is 0 Å². The highest BCUT2D eigenvalue weighted by atomic mass is 19.4. The summed E-state index contributed by atoms with van der Waals surface area (Å²) in [5.74, 6) is -2.00. The molecule has 0 aliphatic heterocycles. The number of benzene rings is 1. The highest BCUT2D eigenvalue weighted by molar-refractivity contribution is 6.05. The summed E-state index contributed by atoms with van der Waals surface area (Å²) in [7, 11) is 0. The lowest BCUT2D eigenvalue weighted by atomic mass is 9.79. The second kappa shape index (κ2) is 4.98. The molecule has 0 bridgehead atoms. The molecule has 21 heavy (non-hydrogen) atoms. The second-order valence-electron chi connectivity index (χ2n) is 5.08. The fourth-order valence-corrected chi connectivity index (χ4v) is 2.50. The molecule has 1 saturated carbocycles. The van der Waals surface area contributed by atoms with Gasteiger partial charge in [-0.25, -0.2) is 0 Å². The summed E-state index contributed by atoms with van der Waals surface area (Å²) in [4.78, 5) is 12.2. The van der Waals surface area contributed by atoms with E-state index < -0.39 is 24.0 Å². The van der Waals surface area contributed by atoms with Gasteiger partial charge in [0, 0.05) is 11.4 Å². The molecule has 7 heteroatoms. The maximum absolute atomic E-state index is 12.7. The van der Waals surface area contributed by atoms with E-state index in [-0.39, 0.29) is 12.0 Å². The van der Waals surface area contributed by atoms with Crippen molar-refractivity contribution >= 4 is 16.8 Å². The molecule has 2 aromatic rings. The molecule has 1 aromatic heterocycles. The molecule has 0 radical (unpaired) electrons. The van der Waals surface area contributed by atoms with Gasteiger partial charge in [0.2, 0.25) is 0 Å². The SMILES string of the molecule is O=C(NC1CCC1C(F)(F)F)c1cnnc2ccccc12. The van der Waals surface area contributed by atoms with Gasteiger partial charge in [-0.05, 0) is 18.9 Å². The summed E-state index contributed by atoms with van der Waals surface area (Å²) in [6.07, 6.45) is -2.59. The van der Waals surface area contributed by atoms with Crippen LogP contribution in [0.5, 0.6) is 0 Å². The number of hydrogen-bond donors (Lipinski definition) is 1. The molecule has 1 N–H and O–H groups in total. The summed E-state index contributed by atoms with van der Waals surface area (Å²) in [5.41, 5.74) is 0.777. The van der Waals surface area contributed by atoms with Crippen molar-refractivity contribution in [1.82, 2.24) is 15.5 Å². The average molecular weight is 295 g/mol. The molecule has 4 nitrogen and oxygen atoms in total. The van der Waals surface area contributed by atoms with Gasteiger partial charge in [-0.1, -0.05) is 18.2 Å². The first-order chi connectivity index (χ1) is 9.97. The summed E-state index contributed by atoms with van der Waals surface area (Å²) in [6.45, 7) is 0. The molecule has 1 fully saturated rings. The number of hydrogen-bond acceptors (Lipinski definition) is 3. The van der Waals surface area contributed by atoms with Crippen molar-refractivity contribution in [3.05, 3.63) is 36.0 Å². The summed E-state index contributed by atoms with van der Waals surface area (Å²) in [6, 6.07) is 6.03. The van der Waals surface area contributed by atoms with Crippen LogP contribution in [0.1, 0.15) is 23.2 Å². The molecule has 1 amide bonds. The van der Waals surface area contributed by atoms with Crippen LogP contribution in [0.4, 0.5) is 13.2 Å². The Morgan fingerprint density at radius 2 is 2.00 bits per heavy atom. The normalized spacial score (nSPS) is 21.9. The van der Waals surface area contributed by atoms with Crippen LogP contribution in [0.3, 0.4) is 0 Å². The van der Waals surface area contributed by atoms with E-state index in [0.29, 0.717) is 17.3 Å². The number of carbonyl (C=O) groups is 1. The Kier molecular flexibility index (Phi) is 3.27. The zero-order valence-electron chi connectivity index (χ0n) is 10.9. The lowest BCUT2D eigenvalue weighted by molar-refractivity contribution is -0.201. The number of aromatic nitrogens is 2. The van der Waals surface area contributed by atoms with Gasteiger partial charge in [-0.3, -0.25) is 4.79 Å². The minimum absolute atomic E-state index is 0.0593. The van der Waals surface area contributed by atoms with Gasteiger partial charge in [-0.2, -0.15) is 23.4 Å². The fraction of sp³-hybridized carbons (Fsp3) is 0.357. The smallest absolute Gasteiger partial charge is 0.349 e. The van der Waals surface area contributed by atoms with Crippen LogP contribution in [0.15, 0.2) is 30.5 Å². The Hall–Kier alpha value is -2.18. The van der Waals surface area contributed by atoms with Crippen molar-refractivity contribution in [1.29, 1.82) is 0 Å². The van der Waals surface area contributed by atoms with E-state index in [9.17, 15) is 18.0 Å². The van der Waals surface area contributed by atoms with Crippen LogP contribution in [-0.4, -0.2) is 28.3 Å². The average Bonchev–Trinajstić information content (AvgIpc) is 2.40. The van der Waals surface area contributed by atoms with E-state index in [2.05, 4.69) is 15.5 Å². The number of nitrogens with one attached hydrogen (secondary N) is 1. The summed E-state index contributed by atoms with van der Waals surface area (Å²) >= 11 is 0. The van der Waals surface area contributed by atoms with E-state index in [1.165, 1.54) is 6.20 Å². The maximum atomic E-state index is 12.7. The van der Waals surface area contributed by atoms with E-state index in [1.807, 2.05) is 0 Å². The minimum atomic E-state index is -4.27. The van der Waals surface area contributed by atoms with E-state index in [0.717, 1.165) is 0 Å². The molecule has 1 heterocycles. The Labute approximate surface area is 118 Å². The highest BCUT2D eigenvalue weighted by Gasteiger charge is 2.50. The molecule has 1 aromatic carbocycles. The van der Waals surface area contributed by atoms with Crippen molar-refractivity contribution in [3.8, 4) is 0 Å². The number of nitrogens with zero attached hydrogens (tertiary/aromatic N) is 2. The summed E-state index contributed by atoms with van der Waals surface area (Å²) in [5, 5.41) is 10.6. The molecule has 110 valence electrons. The molecule has 2 unspecified atom stereocenters. The lowest BCUT2D eigenvalue weighted by Gasteiger charge is -2.38. The maximum Gasteiger partial charge on any atom is 0.393 e. The van der Waals surface area contributed by atoms with Crippen LogP contribution in [-0.2, 0) is 0 Å². The molecule has 1 aliphatic rings. The van der Waals surface area contributed by atoms with Crippen molar-refractivity contribution in [2.24, 2.45) is 5.92 Å². The standard InChI is InChI=1S/C14H12F3N3O/c15-14(16,17)10-5-6-12(10)19-13(21)9-7-18-20-11-4-2-1-3-8(9)11/h1-4,7,10,12H,5-6H2,(H,19,21). The van der Waals surface area contributed by atoms with Gasteiger partial charge in [0.1, 0.15) is 0 Å². The molecular formula is C14H12F3N3O. The van der Waals surface area contributed by atoms with Crippen molar-refractivity contribution in [2.75, 3.05) is 0 Å². The summed E-state index contributed by atoms with van der Waals surface area (Å²) < 4.78 is 38.0. The molecule has 0 saturated heterocycles. The third-order valence-corrected chi connectivity index (χ3v) is 3.80. The molecule has 2 atom stereocenters. The van der Waals surface area contributed by atoms with Crippen molar-refractivity contribution in [3.63, 3.8) is 0 Å². The second-order valence-corrected chi connectivity index (χ2v) is 5.08. The van der Waals surface area contributed by atoms with Crippen LogP contribution in [0.25, 0.3) is 10.9 Å². The van der Waals surface area contributed by atoms with Crippen LogP contribution in [0.2, 0.25) is 0 Å². The van der Waals surface area contributed by atoms with E-state index in [4.69, 9.17) is 0 Å². The van der Waals surface area contributed by atoms with Gasteiger partial charge in [0.15, 0.2) is 0 Å². The third kappa shape index (κ3) is 2.55. The van der Waals surface area contributed by atoms with Gasteiger partial charge in [-0.15, -0.1) is 0 Å². The Bertz CT molecular complexity index is 681. The highest BCUT2D eigenvalue weighted by Crippen LogP contribution is 2.41. The van der Waals surface area contributed by atoms with Gasteiger partial charge >= 0.3 is 6.18 Å². The van der Waals surface area contributed by atoms with Gasteiger partial charge in [0.05, 0.1) is 23.2 Å². The zero-order chi connectivity index (χ0) is 15.0. The topological polar surface area (TPSA) is 54.9 Å². The Morgan fingerprint density at radius 1 is 1.24 bits per heavy atom. The molecular weight excluding hydrogens is 283 g/mol. The number of alkyl halides is 3. The van der Waals surface area contributed by atoms with Gasteiger partial charge in [0.25, 0.3) is 5.91 Å². The van der Waals surface area contributed by atoms with Crippen molar-refractivity contribution in [2.45, 2.75) is 25.1 Å². The lowest BCUT2D eigenvalue weighted by Crippen LogP contribution is -2.52. The third-order valence-electron chi connectivity index (χ3n) is 3.80. The number of amides is 1.